The third kappa shape index (κ3) is 3.95. The number of carbonyl (C=O) groups is 2. The molecule has 0 aliphatic carbocycles. The fourth-order valence-corrected chi connectivity index (χ4v) is 3.36. The highest BCUT2D eigenvalue weighted by molar-refractivity contribution is 6.01. The molecule has 4 aromatic rings. The number of fused-ring (bicyclic) bond motifs is 1. The molecule has 0 bridgehead atoms. The van der Waals surface area contributed by atoms with E-state index in [4.69, 9.17) is 4.74 Å². The van der Waals surface area contributed by atoms with E-state index in [2.05, 4.69) is 10.3 Å². The second-order valence-electron chi connectivity index (χ2n) is 6.70. The van der Waals surface area contributed by atoms with Crippen LogP contribution in [0.2, 0.25) is 0 Å². The van der Waals surface area contributed by atoms with E-state index in [9.17, 15) is 14.4 Å². The van der Waals surface area contributed by atoms with Gasteiger partial charge in [0.05, 0.1) is 28.9 Å². The standard InChI is InChI=1S/C23H20N4O4/c1-2-31-23(30)17-11-6-7-13-19(17)25-20(28)15-26-21-18(12-8-14-24-21)22(29)27(26)16-9-4-3-5-10-16/h3-14H,2,15H2,1H3,(H,25,28). The van der Waals surface area contributed by atoms with Crippen molar-refractivity contribution in [3.8, 4) is 5.69 Å². The summed E-state index contributed by atoms with van der Waals surface area (Å²) in [5.41, 5.74) is 1.34. The van der Waals surface area contributed by atoms with E-state index in [0.717, 1.165) is 0 Å². The van der Waals surface area contributed by atoms with Crippen molar-refractivity contribution in [2.75, 3.05) is 11.9 Å². The van der Waals surface area contributed by atoms with Crippen LogP contribution in [0.4, 0.5) is 5.69 Å². The van der Waals surface area contributed by atoms with Gasteiger partial charge in [0.15, 0.2) is 5.65 Å². The van der Waals surface area contributed by atoms with E-state index in [1.54, 1.807) is 61.7 Å². The largest absolute Gasteiger partial charge is 0.462 e. The number of anilines is 1. The molecule has 2 aromatic carbocycles. The minimum absolute atomic E-state index is 0.179. The lowest BCUT2D eigenvalue weighted by atomic mass is 10.2. The normalized spacial score (nSPS) is 10.7. The van der Waals surface area contributed by atoms with Gasteiger partial charge >= 0.3 is 5.97 Å². The van der Waals surface area contributed by atoms with Crippen LogP contribution in [0.1, 0.15) is 17.3 Å². The first kappa shape index (κ1) is 20.1. The van der Waals surface area contributed by atoms with E-state index < -0.39 is 11.9 Å². The Kier molecular flexibility index (Phi) is 5.61. The molecule has 1 amide bonds. The molecule has 0 atom stereocenters. The molecule has 0 aliphatic rings. The Hall–Kier alpha value is -4.20. The number of ether oxygens (including phenoxy) is 1. The molecule has 2 heterocycles. The van der Waals surface area contributed by atoms with Crippen LogP contribution in [0.15, 0.2) is 77.7 Å². The molecule has 0 radical (unpaired) electrons. The second-order valence-corrected chi connectivity index (χ2v) is 6.70. The molecule has 2 aromatic heterocycles. The molecule has 31 heavy (non-hydrogen) atoms. The van der Waals surface area contributed by atoms with Crippen LogP contribution in [0.3, 0.4) is 0 Å². The van der Waals surface area contributed by atoms with Crippen molar-refractivity contribution < 1.29 is 14.3 Å². The summed E-state index contributed by atoms with van der Waals surface area (Å²) in [5.74, 6) is -0.934. The van der Waals surface area contributed by atoms with Gasteiger partial charge in [0, 0.05) is 6.20 Å². The topological polar surface area (TPSA) is 95.2 Å². The van der Waals surface area contributed by atoms with Crippen molar-refractivity contribution in [3.63, 3.8) is 0 Å². The van der Waals surface area contributed by atoms with Gasteiger partial charge in [0.25, 0.3) is 5.56 Å². The second kappa shape index (κ2) is 8.66. The number of rotatable bonds is 6. The summed E-state index contributed by atoms with van der Waals surface area (Å²) in [6, 6.07) is 19.0. The summed E-state index contributed by atoms with van der Waals surface area (Å²) in [6.07, 6.45) is 1.57. The number of nitrogens with one attached hydrogen (secondary N) is 1. The van der Waals surface area contributed by atoms with Crippen molar-refractivity contribution >= 4 is 28.6 Å². The summed E-state index contributed by atoms with van der Waals surface area (Å²) in [4.78, 5) is 42.4. The van der Waals surface area contributed by atoms with E-state index in [1.165, 1.54) is 9.36 Å². The molecular formula is C23H20N4O4. The molecule has 0 spiro atoms. The lowest BCUT2D eigenvalue weighted by molar-refractivity contribution is -0.116. The minimum atomic E-state index is -0.521. The predicted molar refractivity (Wildman–Crippen MR) is 116 cm³/mol. The molecule has 0 unspecified atom stereocenters. The average Bonchev–Trinajstić information content (AvgIpc) is 3.06. The fourth-order valence-electron chi connectivity index (χ4n) is 3.36. The van der Waals surface area contributed by atoms with Gasteiger partial charge in [0.2, 0.25) is 5.91 Å². The number of pyridine rings is 1. The van der Waals surface area contributed by atoms with Gasteiger partial charge in [-0.3, -0.25) is 14.3 Å². The lowest BCUT2D eigenvalue weighted by Gasteiger charge is -2.14. The van der Waals surface area contributed by atoms with E-state index in [0.29, 0.717) is 22.4 Å². The third-order valence-electron chi connectivity index (χ3n) is 4.69. The Labute approximate surface area is 177 Å². The fraction of sp³-hybridized carbons (Fsp3) is 0.130. The first-order valence-electron chi connectivity index (χ1n) is 9.78. The van der Waals surface area contributed by atoms with Gasteiger partial charge in [0.1, 0.15) is 6.54 Å². The number of nitrogens with zero attached hydrogens (tertiary/aromatic N) is 3. The minimum Gasteiger partial charge on any atom is -0.462 e. The molecular weight excluding hydrogens is 396 g/mol. The van der Waals surface area contributed by atoms with Crippen LogP contribution >= 0.6 is 0 Å². The smallest absolute Gasteiger partial charge is 0.340 e. The van der Waals surface area contributed by atoms with Crippen molar-refractivity contribution in [1.29, 1.82) is 0 Å². The molecule has 0 saturated carbocycles. The Bertz CT molecular complexity index is 1310. The molecule has 1 N–H and O–H groups in total. The number of esters is 1. The van der Waals surface area contributed by atoms with Crippen molar-refractivity contribution in [1.82, 2.24) is 14.3 Å². The quantitative estimate of drug-likeness (QED) is 0.488. The van der Waals surface area contributed by atoms with Gasteiger partial charge in [-0.25, -0.2) is 14.5 Å². The number of benzene rings is 2. The number of hydrogen-bond donors (Lipinski definition) is 1. The maximum atomic E-state index is 13.0. The van der Waals surface area contributed by atoms with Crippen molar-refractivity contribution in [2.24, 2.45) is 0 Å². The number of carbonyl (C=O) groups excluding carboxylic acids is 2. The Morgan fingerprint density at radius 1 is 1.00 bits per heavy atom. The van der Waals surface area contributed by atoms with Crippen LogP contribution in [-0.4, -0.2) is 32.8 Å². The molecule has 156 valence electrons. The highest BCUT2D eigenvalue weighted by Gasteiger charge is 2.19. The van der Waals surface area contributed by atoms with Gasteiger partial charge in [-0.05, 0) is 43.3 Å². The molecule has 8 heteroatoms. The monoisotopic (exact) mass is 416 g/mol. The van der Waals surface area contributed by atoms with Crippen LogP contribution in [0.25, 0.3) is 16.7 Å². The zero-order valence-electron chi connectivity index (χ0n) is 16.8. The number of amides is 1. The summed E-state index contributed by atoms with van der Waals surface area (Å²) in [5, 5.41) is 3.16. The van der Waals surface area contributed by atoms with Crippen LogP contribution in [0, 0.1) is 0 Å². The van der Waals surface area contributed by atoms with E-state index in [-0.39, 0.29) is 24.3 Å². The predicted octanol–water partition coefficient (Wildman–Crippen LogP) is 3.00. The Balaban J connectivity index is 1.71. The highest BCUT2D eigenvalue weighted by atomic mass is 16.5. The zero-order chi connectivity index (χ0) is 21.8. The first-order chi connectivity index (χ1) is 15.1. The average molecular weight is 416 g/mol. The van der Waals surface area contributed by atoms with Gasteiger partial charge in [-0.15, -0.1) is 0 Å². The van der Waals surface area contributed by atoms with E-state index >= 15 is 0 Å². The molecule has 0 aliphatic heterocycles. The third-order valence-corrected chi connectivity index (χ3v) is 4.69. The summed E-state index contributed by atoms with van der Waals surface area (Å²) in [7, 11) is 0. The highest BCUT2D eigenvalue weighted by Crippen LogP contribution is 2.18. The Morgan fingerprint density at radius 2 is 1.74 bits per heavy atom. The summed E-state index contributed by atoms with van der Waals surface area (Å²) < 4.78 is 8.00. The van der Waals surface area contributed by atoms with Gasteiger partial charge in [-0.2, -0.15) is 0 Å². The van der Waals surface area contributed by atoms with Crippen molar-refractivity contribution in [2.45, 2.75) is 13.5 Å². The lowest BCUT2D eigenvalue weighted by Crippen LogP contribution is -2.27. The summed E-state index contributed by atoms with van der Waals surface area (Å²) in [6.45, 7) is 1.76. The summed E-state index contributed by atoms with van der Waals surface area (Å²) >= 11 is 0. The molecule has 0 fully saturated rings. The molecule has 8 nitrogen and oxygen atoms in total. The van der Waals surface area contributed by atoms with Gasteiger partial charge < -0.3 is 10.1 Å². The maximum Gasteiger partial charge on any atom is 0.340 e. The van der Waals surface area contributed by atoms with Crippen LogP contribution in [-0.2, 0) is 16.1 Å². The number of aromatic nitrogens is 3. The Morgan fingerprint density at radius 3 is 2.52 bits per heavy atom. The SMILES string of the molecule is CCOC(=O)c1ccccc1NC(=O)Cn1c2ncccc2c(=O)n1-c1ccccc1. The van der Waals surface area contributed by atoms with E-state index in [1.807, 2.05) is 18.2 Å². The number of para-hydroxylation sites is 2. The number of hydrogen-bond acceptors (Lipinski definition) is 5. The zero-order valence-corrected chi connectivity index (χ0v) is 16.8. The maximum absolute atomic E-state index is 13.0. The first-order valence-corrected chi connectivity index (χ1v) is 9.78. The van der Waals surface area contributed by atoms with Crippen LogP contribution < -0.4 is 10.9 Å². The van der Waals surface area contributed by atoms with Crippen molar-refractivity contribution in [3.05, 3.63) is 88.8 Å². The molecule has 4 rings (SSSR count). The van der Waals surface area contributed by atoms with Gasteiger partial charge in [-0.1, -0.05) is 30.3 Å². The molecule has 0 saturated heterocycles. The van der Waals surface area contributed by atoms with Crippen LogP contribution in [0.5, 0.6) is 0 Å².